The zero-order chi connectivity index (χ0) is 22.2. The summed E-state index contributed by atoms with van der Waals surface area (Å²) in [4.78, 5) is 40.5. The Kier molecular flexibility index (Phi) is 5.32. The fraction of sp³-hybridized carbons (Fsp3) is 0.238. The van der Waals surface area contributed by atoms with E-state index in [1.807, 2.05) is 11.8 Å². The third kappa shape index (κ3) is 4.33. The second-order valence-corrected chi connectivity index (χ2v) is 7.08. The van der Waals surface area contributed by atoms with Crippen LogP contribution in [-0.2, 0) is 19.3 Å². The lowest BCUT2D eigenvalue weighted by atomic mass is 10.1. The van der Waals surface area contributed by atoms with Crippen LogP contribution in [0.1, 0.15) is 24.1 Å². The molecule has 2 aromatic carbocycles. The van der Waals surface area contributed by atoms with E-state index in [4.69, 9.17) is 0 Å². The summed E-state index contributed by atoms with van der Waals surface area (Å²) in [6.45, 7) is 2.83. The summed E-state index contributed by atoms with van der Waals surface area (Å²) < 4.78 is 39.0. The molecular formula is C21H18F3N5O2. The Morgan fingerprint density at radius 1 is 0.871 bits per heavy atom. The molecule has 0 saturated heterocycles. The molecule has 0 unspecified atom stereocenters. The van der Waals surface area contributed by atoms with E-state index in [0.29, 0.717) is 23.3 Å². The molecule has 7 nitrogen and oxygen atoms in total. The topological polar surface area (TPSA) is 94.7 Å². The Morgan fingerprint density at radius 2 is 1.45 bits per heavy atom. The van der Waals surface area contributed by atoms with Gasteiger partial charge < -0.3 is 9.97 Å². The lowest BCUT2D eigenvalue weighted by Crippen LogP contribution is -2.27. The summed E-state index contributed by atoms with van der Waals surface area (Å²) in [6, 6.07) is 9.81. The summed E-state index contributed by atoms with van der Waals surface area (Å²) in [5, 5.41) is 0.565. The summed E-state index contributed by atoms with van der Waals surface area (Å²) in [7, 11) is 0. The van der Waals surface area contributed by atoms with Crippen LogP contribution in [0.2, 0.25) is 0 Å². The number of aromatic nitrogens is 4. The highest BCUT2D eigenvalue weighted by atomic mass is 19.4. The largest absolute Gasteiger partial charge is 0.416 e. The SMILES string of the molecule is CCN(Cc1nc2ccccc2c(=O)[nH]1)Cc1nc2cc(C(F)(F)F)ccc2c(=O)[nH]1. The van der Waals surface area contributed by atoms with Crippen molar-refractivity contribution >= 4 is 21.8 Å². The van der Waals surface area contributed by atoms with Gasteiger partial charge in [0.05, 0.1) is 40.5 Å². The van der Waals surface area contributed by atoms with Crippen LogP contribution in [0.4, 0.5) is 13.2 Å². The van der Waals surface area contributed by atoms with Crippen molar-refractivity contribution in [3.05, 3.63) is 80.4 Å². The maximum absolute atomic E-state index is 13.0. The van der Waals surface area contributed by atoms with Gasteiger partial charge in [-0.05, 0) is 36.9 Å². The highest BCUT2D eigenvalue weighted by Gasteiger charge is 2.30. The second-order valence-electron chi connectivity index (χ2n) is 7.08. The molecule has 4 rings (SSSR count). The van der Waals surface area contributed by atoms with E-state index in [2.05, 4.69) is 19.9 Å². The van der Waals surface area contributed by atoms with Gasteiger partial charge in [0.2, 0.25) is 0 Å². The van der Waals surface area contributed by atoms with Crippen molar-refractivity contribution in [1.29, 1.82) is 0 Å². The van der Waals surface area contributed by atoms with Crippen LogP contribution < -0.4 is 11.1 Å². The van der Waals surface area contributed by atoms with Gasteiger partial charge in [-0.3, -0.25) is 14.5 Å². The predicted molar refractivity (Wildman–Crippen MR) is 110 cm³/mol. The van der Waals surface area contributed by atoms with Crippen molar-refractivity contribution in [1.82, 2.24) is 24.8 Å². The summed E-state index contributed by atoms with van der Waals surface area (Å²) in [6.07, 6.45) is -4.53. The van der Waals surface area contributed by atoms with Crippen LogP contribution in [0.3, 0.4) is 0 Å². The van der Waals surface area contributed by atoms with E-state index in [9.17, 15) is 22.8 Å². The van der Waals surface area contributed by atoms with Crippen molar-refractivity contribution in [2.24, 2.45) is 0 Å². The Morgan fingerprint density at radius 3 is 2.06 bits per heavy atom. The van der Waals surface area contributed by atoms with E-state index in [1.54, 1.807) is 24.3 Å². The van der Waals surface area contributed by atoms with Crippen LogP contribution in [0.15, 0.2) is 52.1 Å². The van der Waals surface area contributed by atoms with Gasteiger partial charge in [0, 0.05) is 0 Å². The monoisotopic (exact) mass is 429 g/mol. The van der Waals surface area contributed by atoms with Crippen molar-refractivity contribution < 1.29 is 13.2 Å². The van der Waals surface area contributed by atoms with E-state index in [-0.39, 0.29) is 35.4 Å². The minimum atomic E-state index is -4.53. The zero-order valence-electron chi connectivity index (χ0n) is 16.5. The average Bonchev–Trinajstić information content (AvgIpc) is 2.72. The first kappa shape index (κ1) is 20.7. The molecule has 0 amide bonds. The number of aromatic amines is 2. The van der Waals surface area contributed by atoms with Crippen molar-refractivity contribution in [3.8, 4) is 0 Å². The van der Waals surface area contributed by atoms with Gasteiger partial charge in [-0.1, -0.05) is 19.1 Å². The van der Waals surface area contributed by atoms with Gasteiger partial charge in [0.25, 0.3) is 11.1 Å². The molecule has 0 aliphatic heterocycles. The number of H-pyrrole nitrogens is 2. The molecule has 0 radical (unpaired) electrons. The Bertz CT molecular complexity index is 1380. The molecule has 0 atom stereocenters. The maximum Gasteiger partial charge on any atom is 0.416 e. The number of hydrogen-bond donors (Lipinski definition) is 2. The third-order valence-electron chi connectivity index (χ3n) is 4.94. The molecule has 0 fully saturated rings. The van der Waals surface area contributed by atoms with Gasteiger partial charge in [-0.2, -0.15) is 13.2 Å². The molecule has 4 aromatic rings. The first-order valence-corrected chi connectivity index (χ1v) is 9.55. The van der Waals surface area contributed by atoms with Crippen molar-refractivity contribution in [3.63, 3.8) is 0 Å². The smallest absolute Gasteiger partial charge is 0.309 e. The molecule has 10 heteroatoms. The van der Waals surface area contributed by atoms with Gasteiger partial charge >= 0.3 is 6.18 Å². The Balaban J connectivity index is 1.64. The standard InChI is InChI=1S/C21H18F3N5O2/c1-2-29(10-17-25-15-6-4-3-5-13(15)19(30)27-17)11-18-26-16-9-12(21(22,23)24)7-8-14(16)20(31)28-18/h3-9H,2,10-11H2,1H3,(H,25,27,30)(H,26,28,31). The first-order valence-electron chi connectivity index (χ1n) is 9.55. The number of hydrogen-bond acceptors (Lipinski definition) is 5. The van der Waals surface area contributed by atoms with E-state index in [1.165, 1.54) is 0 Å². The lowest BCUT2D eigenvalue weighted by Gasteiger charge is -2.19. The molecule has 2 N–H and O–H groups in total. The van der Waals surface area contributed by atoms with Crippen LogP contribution in [-0.4, -0.2) is 31.4 Å². The average molecular weight is 429 g/mol. The minimum absolute atomic E-state index is 0.0261. The number of fused-ring (bicyclic) bond motifs is 2. The Labute approximate surface area is 173 Å². The molecule has 2 heterocycles. The number of para-hydroxylation sites is 1. The number of alkyl halides is 3. The van der Waals surface area contributed by atoms with Crippen LogP contribution in [0.25, 0.3) is 21.8 Å². The maximum atomic E-state index is 13.0. The van der Waals surface area contributed by atoms with Gasteiger partial charge in [-0.15, -0.1) is 0 Å². The number of halogens is 3. The molecule has 0 spiro atoms. The molecular weight excluding hydrogens is 411 g/mol. The van der Waals surface area contributed by atoms with Crippen LogP contribution in [0.5, 0.6) is 0 Å². The number of benzene rings is 2. The predicted octanol–water partition coefficient (Wildman–Crippen LogP) is 3.20. The summed E-state index contributed by atoms with van der Waals surface area (Å²) >= 11 is 0. The molecule has 160 valence electrons. The minimum Gasteiger partial charge on any atom is -0.309 e. The fourth-order valence-electron chi connectivity index (χ4n) is 3.35. The molecule has 31 heavy (non-hydrogen) atoms. The van der Waals surface area contributed by atoms with Crippen LogP contribution in [0, 0.1) is 0 Å². The number of nitrogens with one attached hydrogen (secondary N) is 2. The summed E-state index contributed by atoms with van der Waals surface area (Å²) in [5.41, 5.74) is -1.10. The first-order chi connectivity index (χ1) is 14.7. The quantitative estimate of drug-likeness (QED) is 0.508. The second kappa shape index (κ2) is 7.95. The number of rotatable bonds is 5. The zero-order valence-corrected chi connectivity index (χ0v) is 16.5. The molecule has 0 bridgehead atoms. The van der Waals surface area contributed by atoms with E-state index < -0.39 is 17.3 Å². The van der Waals surface area contributed by atoms with E-state index in [0.717, 1.165) is 18.2 Å². The van der Waals surface area contributed by atoms with E-state index >= 15 is 0 Å². The van der Waals surface area contributed by atoms with Gasteiger partial charge in [-0.25, -0.2) is 9.97 Å². The van der Waals surface area contributed by atoms with Gasteiger partial charge in [0.1, 0.15) is 11.6 Å². The number of nitrogens with zero attached hydrogens (tertiary/aromatic N) is 3. The highest BCUT2D eigenvalue weighted by Crippen LogP contribution is 2.30. The molecule has 0 aliphatic carbocycles. The molecule has 0 aliphatic rings. The third-order valence-corrected chi connectivity index (χ3v) is 4.94. The molecule has 0 saturated carbocycles. The van der Waals surface area contributed by atoms with Crippen molar-refractivity contribution in [2.75, 3.05) is 6.54 Å². The fourth-order valence-corrected chi connectivity index (χ4v) is 3.35. The Hall–Kier alpha value is -3.53. The summed E-state index contributed by atoms with van der Waals surface area (Å²) in [5.74, 6) is 0.662. The van der Waals surface area contributed by atoms with Gasteiger partial charge in [0.15, 0.2) is 0 Å². The molecule has 2 aromatic heterocycles. The highest BCUT2D eigenvalue weighted by molar-refractivity contribution is 5.78. The normalized spacial score (nSPS) is 12.2. The van der Waals surface area contributed by atoms with Crippen LogP contribution >= 0.6 is 0 Å². The lowest BCUT2D eigenvalue weighted by molar-refractivity contribution is -0.137. The van der Waals surface area contributed by atoms with Crippen molar-refractivity contribution in [2.45, 2.75) is 26.2 Å².